The lowest BCUT2D eigenvalue weighted by atomic mass is 10.2. The normalized spacial score (nSPS) is 10.9. The second-order valence-corrected chi connectivity index (χ2v) is 7.00. The smallest absolute Gasteiger partial charge is 0.234 e. The number of rotatable bonds is 6. The molecule has 1 N–H and O–H groups in total. The van der Waals surface area contributed by atoms with Crippen LogP contribution in [0.4, 0.5) is 5.69 Å². The van der Waals surface area contributed by atoms with Crippen molar-refractivity contribution in [3.8, 4) is 17.3 Å². The van der Waals surface area contributed by atoms with Gasteiger partial charge in [-0.3, -0.25) is 4.79 Å². The van der Waals surface area contributed by atoms with Crippen LogP contribution in [0.2, 0.25) is 0 Å². The molecule has 142 valence electrons. The Balaban J connectivity index is 1.49. The van der Waals surface area contributed by atoms with Crippen molar-refractivity contribution in [2.45, 2.75) is 5.16 Å². The zero-order valence-corrected chi connectivity index (χ0v) is 16.2. The third kappa shape index (κ3) is 3.59. The van der Waals surface area contributed by atoms with Crippen LogP contribution in [-0.2, 0) is 11.8 Å². The van der Waals surface area contributed by atoms with E-state index in [-0.39, 0.29) is 11.7 Å². The number of aromatic nitrogens is 3. The minimum absolute atomic E-state index is 0.103. The molecule has 1 amide bonds. The Hall–Kier alpha value is -3.26. The van der Waals surface area contributed by atoms with Crippen LogP contribution in [0, 0.1) is 0 Å². The van der Waals surface area contributed by atoms with Crippen LogP contribution in [0.5, 0.6) is 5.75 Å². The Morgan fingerprint density at radius 1 is 1.18 bits per heavy atom. The molecule has 4 rings (SSSR count). The first-order valence-electron chi connectivity index (χ1n) is 8.59. The standard InChI is InChI=1S/C20H18N4O3S/c1-24-19(16-11-13-7-6-10-15(26-2)18(13)27-16)22-23-20(24)28-12-17(25)21-14-8-4-3-5-9-14/h3-11H,12H2,1-2H3,(H,21,25). The molecule has 0 aliphatic rings. The van der Waals surface area contributed by atoms with Gasteiger partial charge in [0.05, 0.1) is 12.9 Å². The summed E-state index contributed by atoms with van der Waals surface area (Å²) in [5, 5.41) is 12.8. The SMILES string of the molecule is COc1cccc2cc(-c3nnc(SCC(=O)Nc4ccccc4)n3C)oc12. The topological polar surface area (TPSA) is 82.2 Å². The maximum atomic E-state index is 12.1. The molecule has 7 nitrogen and oxygen atoms in total. The fourth-order valence-electron chi connectivity index (χ4n) is 2.81. The predicted molar refractivity (Wildman–Crippen MR) is 109 cm³/mol. The number of carbonyl (C=O) groups is 1. The second kappa shape index (κ2) is 7.77. The van der Waals surface area contributed by atoms with Gasteiger partial charge in [-0.2, -0.15) is 0 Å². The lowest BCUT2D eigenvalue weighted by Gasteiger charge is -2.05. The maximum Gasteiger partial charge on any atom is 0.234 e. The van der Waals surface area contributed by atoms with Crippen LogP contribution in [0.1, 0.15) is 0 Å². The fourth-order valence-corrected chi connectivity index (χ4v) is 3.52. The molecule has 0 aliphatic carbocycles. The number of amides is 1. The molecule has 2 aromatic heterocycles. The van der Waals surface area contributed by atoms with Crippen LogP contribution in [0.15, 0.2) is 64.2 Å². The van der Waals surface area contributed by atoms with E-state index in [1.165, 1.54) is 11.8 Å². The molecule has 28 heavy (non-hydrogen) atoms. The molecule has 0 saturated heterocycles. The van der Waals surface area contributed by atoms with Gasteiger partial charge in [0.15, 0.2) is 28.1 Å². The maximum absolute atomic E-state index is 12.1. The van der Waals surface area contributed by atoms with Gasteiger partial charge in [-0.1, -0.05) is 42.1 Å². The molecule has 0 atom stereocenters. The highest BCUT2D eigenvalue weighted by atomic mass is 32.2. The van der Waals surface area contributed by atoms with Crippen LogP contribution < -0.4 is 10.1 Å². The molecule has 0 radical (unpaired) electrons. The average molecular weight is 394 g/mol. The Morgan fingerprint density at radius 3 is 2.79 bits per heavy atom. The van der Waals surface area contributed by atoms with Gasteiger partial charge >= 0.3 is 0 Å². The van der Waals surface area contributed by atoms with E-state index in [1.54, 1.807) is 7.11 Å². The van der Waals surface area contributed by atoms with Crippen molar-refractivity contribution >= 4 is 34.3 Å². The summed E-state index contributed by atoms with van der Waals surface area (Å²) in [7, 11) is 3.45. The lowest BCUT2D eigenvalue weighted by molar-refractivity contribution is -0.113. The number of ether oxygens (including phenoxy) is 1. The molecule has 0 spiro atoms. The van der Waals surface area contributed by atoms with Crippen molar-refractivity contribution in [3.63, 3.8) is 0 Å². The van der Waals surface area contributed by atoms with Crippen LogP contribution in [0.3, 0.4) is 0 Å². The Kier molecular flexibility index (Phi) is 5.03. The number of para-hydroxylation sites is 2. The zero-order chi connectivity index (χ0) is 19.5. The monoisotopic (exact) mass is 394 g/mol. The van der Waals surface area contributed by atoms with E-state index < -0.39 is 0 Å². The average Bonchev–Trinajstić information content (AvgIpc) is 3.30. The van der Waals surface area contributed by atoms with E-state index in [2.05, 4.69) is 15.5 Å². The molecule has 2 heterocycles. The van der Waals surface area contributed by atoms with Gasteiger partial charge in [0, 0.05) is 18.1 Å². The van der Waals surface area contributed by atoms with Crippen molar-refractivity contribution < 1.29 is 13.9 Å². The van der Waals surface area contributed by atoms with Crippen LogP contribution >= 0.6 is 11.8 Å². The highest BCUT2D eigenvalue weighted by molar-refractivity contribution is 7.99. The highest BCUT2D eigenvalue weighted by Gasteiger charge is 2.17. The van der Waals surface area contributed by atoms with E-state index in [0.717, 1.165) is 11.1 Å². The van der Waals surface area contributed by atoms with E-state index >= 15 is 0 Å². The second-order valence-electron chi connectivity index (χ2n) is 6.06. The molecular weight excluding hydrogens is 376 g/mol. The van der Waals surface area contributed by atoms with E-state index in [1.807, 2.05) is 66.2 Å². The Morgan fingerprint density at radius 2 is 2.00 bits per heavy atom. The van der Waals surface area contributed by atoms with Crippen molar-refractivity contribution in [1.82, 2.24) is 14.8 Å². The van der Waals surface area contributed by atoms with Gasteiger partial charge in [0.1, 0.15) is 0 Å². The van der Waals surface area contributed by atoms with Gasteiger partial charge in [0.2, 0.25) is 5.91 Å². The Labute approximate surface area is 165 Å². The van der Waals surface area contributed by atoms with Gasteiger partial charge in [-0.05, 0) is 24.3 Å². The summed E-state index contributed by atoms with van der Waals surface area (Å²) < 4.78 is 13.1. The summed E-state index contributed by atoms with van der Waals surface area (Å²) in [5.41, 5.74) is 1.43. The first-order valence-corrected chi connectivity index (χ1v) is 9.58. The number of furan rings is 1. The summed E-state index contributed by atoms with van der Waals surface area (Å²) in [4.78, 5) is 12.1. The Bertz CT molecular complexity index is 1120. The number of benzene rings is 2. The fraction of sp³-hybridized carbons (Fsp3) is 0.150. The van der Waals surface area contributed by atoms with Crippen molar-refractivity contribution in [1.29, 1.82) is 0 Å². The number of methoxy groups -OCH3 is 1. The molecule has 8 heteroatoms. The third-order valence-corrected chi connectivity index (χ3v) is 5.19. The number of anilines is 1. The number of nitrogens with one attached hydrogen (secondary N) is 1. The zero-order valence-electron chi connectivity index (χ0n) is 15.4. The first-order chi connectivity index (χ1) is 13.7. The lowest BCUT2D eigenvalue weighted by Crippen LogP contribution is -2.14. The van der Waals surface area contributed by atoms with Crippen LogP contribution in [0.25, 0.3) is 22.6 Å². The molecule has 0 aliphatic heterocycles. The van der Waals surface area contributed by atoms with Gasteiger partial charge in [-0.25, -0.2) is 0 Å². The minimum atomic E-state index is -0.103. The summed E-state index contributed by atoms with van der Waals surface area (Å²) in [6, 6.07) is 16.9. The molecule has 0 bridgehead atoms. The number of hydrogen-bond acceptors (Lipinski definition) is 6. The molecular formula is C20H18N4O3S. The van der Waals surface area contributed by atoms with E-state index in [4.69, 9.17) is 9.15 Å². The van der Waals surface area contributed by atoms with Crippen LogP contribution in [-0.4, -0.2) is 33.5 Å². The van der Waals surface area contributed by atoms with E-state index in [0.29, 0.717) is 28.1 Å². The minimum Gasteiger partial charge on any atom is -0.493 e. The summed E-state index contributed by atoms with van der Waals surface area (Å²) >= 11 is 1.32. The number of nitrogens with zero attached hydrogens (tertiary/aromatic N) is 3. The number of thioether (sulfide) groups is 1. The van der Waals surface area contributed by atoms with Gasteiger partial charge in [0.25, 0.3) is 0 Å². The van der Waals surface area contributed by atoms with Crippen molar-refractivity contribution in [3.05, 3.63) is 54.6 Å². The quantitative estimate of drug-likeness (QED) is 0.498. The molecule has 0 saturated carbocycles. The third-order valence-electron chi connectivity index (χ3n) is 4.17. The van der Waals surface area contributed by atoms with Crippen molar-refractivity contribution in [2.75, 3.05) is 18.2 Å². The molecule has 0 unspecified atom stereocenters. The number of hydrogen-bond donors (Lipinski definition) is 1. The largest absolute Gasteiger partial charge is 0.493 e. The van der Waals surface area contributed by atoms with Gasteiger partial charge < -0.3 is 19.0 Å². The first kappa shape index (κ1) is 18.1. The summed E-state index contributed by atoms with van der Waals surface area (Å²) in [5.74, 6) is 1.97. The van der Waals surface area contributed by atoms with E-state index in [9.17, 15) is 4.79 Å². The summed E-state index contributed by atoms with van der Waals surface area (Å²) in [6.45, 7) is 0. The molecule has 4 aromatic rings. The van der Waals surface area contributed by atoms with Crippen molar-refractivity contribution in [2.24, 2.45) is 7.05 Å². The predicted octanol–water partition coefficient (Wildman–Crippen LogP) is 3.97. The highest BCUT2D eigenvalue weighted by Crippen LogP contribution is 2.33. The number of carbonyl (C=O) groups excluding carboxylic acids is 1. The number of fused-ring (bicyclic) bond motifs is 1. The molecule has 2 aromatic carbocycles. The van der Waals surface area contributed by atoms with Gasteiger partial charge in [-0.15, -0.1) is 10.2 Å². The molecule has 0 fully saturated rings. The summed E-state index contributed by atoms with van der Waals surface area (Å²) in [6.07, 6.45) is 0.